The van der Waals surface area contributed by atoms with Crippen LogP contribution in [0.4, 0.5) is 4.39 Å². The highest BCUT2D eigenvalue weighted by Gasteiger charge is 2.14. The van der Waals surface area contributed by atoms with Gasteiger partial charge in [-0.2, -0.15) is 0 Å². The van der Waals surface area contributed by atoms with E-state index in [4.69, 9.17) is 16.0 Å². The van der Waals surface area contributed by atoms with Crippen LogP contribution in [0.5, 0.6) is 0 Å². The number of rotatable bonds is 7. The molecule has 0 atom stereocenters. The van der Waals surface area contributed by atoms with Crippen LogP contribution >= 0.6 is 11.6 Å². The first-order valence-electron chi connectivity index (χ1n) is 8.20. The molecule has 0 bridgehead atoms. The van der Waals surface area contributed by atoms with Crippen LogP contribution in [0.25, 0.3) is 11.5 Å². The minimum atomic E-state index is -0.230. The standard InChI is InChI=1S/C19H19ClFN3O/c1-2-11-24(12-14-7-9-15(21)10-8-14)13-18-22-23-19(25-18)16-5-3-4-6-17(16)20/h3-10H,2,11-13H2,1H3. The summed E-state index contributed by atoms with van der Waals surface area (Å²) in [5.74, 6) is 0.719. The third-order valence-electron chi connectivity index (χ3n) is 3.79. The number of nitrogens with zero attached hydrogens (tertiary/aromatic N) is 3. The van der Waals surface area contributed by atoms with E-state index in [1.807, 2.05) is 18.2 Å². The number of aromatic nitrogens is 2. The van der Waals surface area contributed by atoms with Gasteiger partial charge in [0.1, 0.15) is 5.82 Å². The van der Waals surface area contributed by atoms with Crippen LogP contribution in [0, 0.1) is 5.82 Å². The number of halogens is 2. The topological polar surface area (TPSA) is 42.2 Å². The maximum atomic E-state index is 13.1. The highest BCUT2D eigenvalue weighted by atomic mass is 35.5. The molecule has 0 saturated heterocycles. The summed E-state index contributed by atoms with van der Waals surface area (Å²) in [4.78, 5) is 2.19. The second kappa shape index (κ2) is 8.23. The second-order valence-corrected chi connectivity index (χ2v) is 6.23. The van der Waals surface area contributed by atoms with Gasteiger partial charge in [-0.3, -0.25) is 4.90 Å². The number of hydrogen-bond donors (Lipinski definition) is 0. The molecule has 0 unspecified atom stereocenters. The van der Waals surface area contributed by atoms with Crippen molar-refractivity contribution in [3.8, 4) is 11.5 Å². The predicted octanol–water partition coefficient (Wildman–Crippen LogP) is 4.94. The van der Waals surface area contributed by atoms with Crippen molar-refractivity contribution in [2.75, 3.05) is 6.54 Å². The highest BCUT2D eigenvalue weighted by molar-refractivity contribution is 6.33. The van der Waals surface area contributed by atoms with Crippen molar-refractivity contribution in [1.82, 2.24) is 15.1 Å². The Kier molecular flexibility index (Phi) is 5.79. The Hall–Kier alpha value is -2.24. The summed E-state index contributed by atoms with van der Waals surface area (Å²) in [7, 11) is 0. The number of hydrogen-bond acceptors (Lipinski definition) is 4. The molecule has 0 spiro atoms. The average molecular weight is 360 g/mol. The van der Waals surface area contributed by atoms with Gasteiger partial charge in [-0.05, 0) is 42.8 Å². The fraction of sp³-hybridized carbons (Fsp3) is 0.263. The Morgan fingerprint density at radius 2 is 1.80 bits per heavy atom. The Labute approximate surface area is 151 Å². The molecule has 0 radical (unpaired) electrons. The molecule has 3 aromatic rings. The van der Waals surface area contributed by atoms with Gasteiger partial charge in [0.05, 0.1) is 17.1 Å². The van der Waals surface area contributed by atoms with Crippen LogP contribution in [-0.4, -0.2) is 21.6 Å². The van der Waals surface area contributed by atoms with Gasteiger partial charge in [0.2, 0.25) is 11.8 Å². The van der Waals surface area contributed by atoms with Crippen LogP contribution in [0.2, 0.25) is 5.02 Å². The van der Waals surface area contributed by atoms with Gasteiger partial charge in [0.25, 0.3) is 0 Å². The van der Waals surface area contributed by atoms with Crippen molar-refractivity contribution in [2.24, 2.45) is 0 Å². The molecule has 0 N–H and O–H groups in total. The average Bonchev–Trinajstić information content (AvgIpc) is 3.06. The molecule has 0 saturated carbocycles. The largest absolute Gasteiger partial charge is 0.419 e. The molecule has 0 aliphatic heterocycles. The van der Waals surface area contributed by atoms with Crippen LogP contribution in [0.15, 0.2) is 52.9 Å². The third-order valence-corrected chi connectivity index (χ3v) is 4.12. The Balaban J connectivity index is 1.72. The fourth-order valence-corrected chi connectivity index (χ4v) is 2.85. The summed E-state index contributed by atoms with van der Waals surface area (Å²) in [5, 5.41) is 8.81. The van der Waals surface area contributed by atoms with Crippen LogP contribution in [0.1, 0.15) is 24.8 Å². The summed E-state index contributed by atoms with van der Waals surface area (Å²) >= 11 is 6.17. The third kappa shape index (κ3) is 4.65. The van der Waals surface area contributed by atoms with Gasteiger partial charge in [0.15, 0.2) is 0 Å². The van der Waals surface area contributed by atoms with E-state index in [9.17, 15) is 4.39 Å². The van der Waals surface area contributed by atoms with E-state index in [0.717, 1.165) is 24.1 Å². The van der Waals surface area contributed by atoms with Gasteiger partial charge < -0.3 is 4.42 Å². The van der Waals surface area contributed by atoms with Crippen molar-refractivity contribution in [3.63, 3.8) is 0 Å². The second-order valence-electron chi connectivity index (χ2n) is 5.82. The lowest BCUT2D eigenvalue weighted by Gasteiger charge is -2.19. The Morgan fingerprint density at radius 1 is 1.04 bits per heavy atom. The maximum absolute atomic E-state index is 13.1. The molecule has 0 amide bonds. The summed E-state index contributed by atoms with van der Waals surface area (Å²) in [6, 6.07) is 13.9. The van der Waals surface area contributed by atoms with Gasteiger partial charge in [-0.25, -0.2) is 4.39 Å². The first kappa shape index (κ1) is 17.6. The van der Waals surface area contributed by atoms with Gasteiger partial charge in [-0.1, -0.05) is 42.8 Å². The van der Waals surface area contributed by atoms with Gasteiger partial charge in [-0.15, -0.1) is 10.2 Å². The zero-order chi connectivity index (χ0) is 17.6. The van der Waals surface area contributed by atoms with Crippen molar-refractivity contribution in [2.45, 2.75) is 26.4 Å². The van der Waals surface area contributed by atoms with Crippen molar-refractivity contribution < 1.29 is 8.81 Å². The van der Waals surface area contributed by atoms with Crippen molar-refractivity contribution in [1.29, 1.82) is 0 Å². The zero-order valence-corrected chi connectivity index (χ0v) is 14.7. The molecular formula is C19H19ClFN3O. The molecule has 1 heterocycles. The molecule has 6 heteroatoms. The smallest absolute Gasteiger partial charge is 0.249 e. The molecule has 130 valence electrons. The SMILES string of the molecule is CCCN(Cc1ccc(F)cc1)Cc1nnc(-c2ccccc2Cl)o1. The Bertz CT molecular complexity index is 820. The minimum absolute atomic E-state index is 0.230. The highest BCUT2D eigenvalue weighted by Crippen LogP contribution is 2.26. The molecule has 4 nitrogen and oxygen atoms in total. The van der Waals surface area contributed by atoms with Crippen LogP contribution < -0.4 is 0 Å². The normalized spacial score (nSPS) is 11.2. The Morgan fingerprint density at radius 3 is 2.52 bits per heavy atom. The summed E-state index contributed by atoms with van der Waals surface area (Å²) in [6.45, 7) is 4.21. The zero-order valence-electron chi connectivity index (χ0n) is 14.0. The fourth-order valence-electron chi connectivity index (χ4n) is 2.63. The molecule has 2 aromatic carbocycles. The first-order valence-corrected chi connectivity index (χ1v) is 8.57. The quantitative estimate of drug-likeness (QED) is 0.599. The van der Waals surface area contributed by atoms with E-state index < -0.39 is 0 Å². The van der Waals surface area contributed by atoms with Crippen molar-refractivity contribution in [3.05, 3.63) is 70.8 Å². The molecule has 25 heavy (non-hydrogen) atoms. The molecule has 1 aromatic heterocycles. The van der Waals surface area contributed by atoms with Crippen LogP contribution in [-0.2, 0) is 13.1 Å². The van der Waals surface area contributed by atoms with Crippen LogP contribution in [0.3, 0.4) is 0 Å². The van der Waals surface area contributed by atoms with E-state index >= 15 is 0 Å². The minimum Gasteiger partial charge on any atom is -0.419 e. The monoisotopic (exact) mass is 359 g/mol. The van der Waals surface area contributed by atoms with Gasteiger partial charge in [0, 0.05) is 6.54 Å². The lowest BCUT2D eigenvalue weighted by molar-refractivity contribution is 0.232. The van der Waals surface area contributed by atoms with E-state index in [1.165, 1.54) is 12.1 Å². The van der Waals surface area contributed by atoms with Gasteiger partial charge >= 0.3 is 0 Å². The molecule has 3 rings (SSSR count). The molecular weight excluding hydrogens is 341 g/mol. The lowest BCUT2D eigenvalue weighted by atomic mass is 10.2. The van der Waals surface area contributed by atoms with E-state index in [2.05, 4.69) is 22.0 Å². The van der Waals surface area contributed by atoms with E-state index in [1.54, 1.807) is 18.2 Å². The molecule has 0 aliphatic carbocycles. The molecule has 0 aliphatic rings. The summed E-state index contributed by atoms with van der Waals surface area (Å²) in [6.07, 6.45) is 0.993. The maximum Gasteiger partial charge on any atom is 0.249 e. The predicted molar refractivity (Wildman–Crippen MR) is 95.5 cm³/mol. The van der Waals surface area contributed by atoms with E-state index in [0.29, 0.717) is 29.9 Å². The first-order chi connectivity index (χ1) is 12.2. The molecule has 0 fully saturated rings. The van der Waals surface area contributed by atoms with E-state index in [-0.39, 0.29) is 5.82 Å². The van der Waals surface area contributed by atoms with Crippen molar-refractivity contribution >= 4 is 11.6 Å². The summed E-state index contributed by atoms with van der Waals surface area (Å²) in [5.41, 5.74) is 1.77. The number of benzene rings is 2. The lowest BCUT2D eigenvalue weighted by Crippen LogP contribution is -2.23. The summed E-state index contributed by atoms with van der Waals surface area (Å²) < 4.78 is 18.8.